The van der Waals surface area contributed by atoms with Crippen molar-refractivity contribution in [1.82, 2.24) is 4.90 Å². The molecule has 1 fully saturated rings. The summed E-state index contributed by atoms with van der Waals surface area (Å²) < 4.78 is 6.03. The molecule has 1 amide bonds. The minimum Gasteiger partial charge on any atom is -0.376 e. The molecule has 1 atom stereocenters. The molecule has 3 heteroatoms. The van der Waals surface area contributed by atoms with Crippen molar-refractivity contribution < 1.29 is 9.53 Å². The normalized spacial score (nSPS) is 21.2. The Morgan fingerprint density at radius 1 is 1.04 bits per heavy atom. The number of carbonyl (C=O) groups excluding carboxylic acids is 1. The van der Waals surface area contributed by atoms with Gasteiger partial charge in [0.2, 0.25) is 5.91 Å². The molecule has 2 aromatic carbocycles. The third-order valence-electron chi connectivity index (χ3n) is 5.96. The molecule has 1 aliphatic heterocycles. The van der Waals surface area contributed by atoms with Gasteiger partial charge in [-0.1, -0.05) is 67.6 Å². The highest BCUT2D eigenvalue weighted by molar-refractivity contribution is 5.75. The lowest BCUT2D eigenvalue weighted by Crippen LogP contribution is -2.46. The zero-order chi connectivity index (χ0) is 20.0. The average Bonchev–Trinajstić information content (AvgIpc) is 2.71. The Labute approximate surface area is 169 Å². The summed E-state index contributed by atoms with van der Waals surface area (Å²) >= 11 is 0. The van der Waals surface area contributed by atoms with Crippen molar-refractivity contribution >= 4 is 5.91 Å². The van der Waals surface area contributed by atoms with Crippen LogP contribution in [0.15, 0.2) is 60.7 Å². The zero-order valence-electron chi connectivity index (χ0n) is 17.5. The van der Waals surface area contributed by atoms with Crippen LogP contribution in [0.2, 0.25) is 0 Å². The summed E-state index contributed by atoms with van der Waals surface area (Å²) in [6.07, 6.45) is 3.48. The van der Waals surface area contributed by atoms with Crippen molar-refractivity contribution in [3.05, 3.63) is 71.8 Å². The lowest BCUT2D eigenvalue weighted by Gasteiger charge is -2.46. The Morgan fingerprint density at radius 3 is 2.29 bits per heavy atom. The van der Waals surface area contributed by atoms with Crippen LogP contribution in [-0.4, -0.2) is 29.6 Å². The molecule has 0 aliphatic carbocycles. The fourth-order valence-electron chi connectivity index (χ4n) is 4.54. The van der Waals surface area contributed by atoms with Gasteiger partial charge in [0.25, 0.3) is 0 Å². The van der Waals surface area contributed by atoms with Crippen LogP contribution in [0.3, 0.4) is 0 Å². The predicted octanol–water partition coefficient (Wildman–Crippen LogP) is 5.34. The van der Waals surface area contributed by atoms with Crippen molar-refractivity contribution in [1.29, 1.82) is 0 Å². The van der Waals surface area contributed by atoms with Gasteiger partial charge in [-0.05, 0) is 44.2 Å². The van der Waals surface area contributed by atoms with Crippen LogP contribution in [0.25, 0.3) is 0 Å². The van der Waals surface area contributed by atoms with Gasteiger partial charge in [0.1, 0.15) is 0 Å². The number of carbonyl (C=O) groups is 1. The Hall–Kier alpha value is -2.13. The van der Waals surface area contributed by atoms with Crippen molar-refractivity contribution in [2.75, 3.05) is 13.2 Å². The van der Waals surface area contributed by atoms with Gasteiger partial charge in [0.15, 0.2) is 0 Å². The van der Waals surface area contributed by atoms with Crippen molar-refractivity contribution in [2.24, 2.45) is 0 Å². The number of amides is 1. The van der Waals surface area contributed by atoms with Crippen molar-refractivity contribution in [3.63, 3.8) is 0 Å². The molecule has 3 rings (SSSR count). The minimum atomic E-state index is -0.146. The van der Waals surface area contributed by atoms with Crippen LogP contribution < -0.4 is 0 Å². The van der Waals surface area contributed by atoms with Crippen LogP contribution in [0, 0.1) is 0 Å². The first-order chi connectivity index (χ1) is 13.4. The van der Waals surface area contributed by atoms with E-state index in [9.17, 15) is 4.79 Å². The fraction of sp³-hybridized carbons (Fsp3) is 0.480. The van der Waals surface area contributed by atoms with Crippen LogP contribution in [-0.2, 0) is 21.5 Å². The van der Waals surface area contributed by atoms with Gasteiger partial charge in [-0.25, -0.2) is 0 Å². The Balaban J connectivity index is 1.82. The van der Waals surface area contributed by atoms with E-state index in [1.54, 1.807) is 0 Å². The molecule has 2 aromatic rings. The van der Waals surface area contributed by atoms with Gasteiger partial charge in [-0.15, -0.1) is 0 Å². The summed E-state index contributed by atoms with van der Waals surface area (Å²) in [5.41, 5.74) is 2.46. The molecule has 1 saturated heterocycles. The summed E-state index contributed by atoms with van der Waals surface area (Å²) in [6.45, 7) is 8.53. The maximum atomic E-state index is 12.7. The lowest BCUT2D eigenvalue weighted by atomic mass is 9.67. The highest BCUT2D eigenvalue weighted by Gasteiger charge is 2.42. The first-order valence-electron chi connectivity index (χ1n) is 10.5. The number of hydrogen-bond acceptors (Lipinski definition) is 2. The van der Waals surface area contributed by atoms with Crippen LogP contribution in [0.4, 0.5) is 0 Å². The maximum Gasteiger partial charge on any atom is 0.222 e. The number of ether oxygens (including phenoxy) is 1. The van der Waals surface area contributed by atoms with Gasteiger partial charge < -0.3 is 9.64 Å². The van der Waals surface area contributed by atoms with E-state index in [1.807, 2.05) is 30.0 Å². The molecule has 0 radical (unpaired) electrons. The molecule has 0 unspecified atom stereocenters. The number of hydrogen-bond donors (Lipinski definition) is 0. The van der Waals surface area contributed by atoms with E-state index < -0.39 is 0 Å². The van der Waals surface area contributed by atoms with E-state index in [4.69, 9.17) is 4.74 Å². The zero-order valence-corrected chi connectivity index (χ0v) is 17.5. The van der Waals surface area contributed by atoms with E-state index >= 15 is 0 Å². The third-order valence-corrected chi connectivity index (χ3v) is 5.96. The smallest absolute Gasteiger partial charge is 0.222 e. The number of nitrogens with zero attached hydrogens (tertiary/aromatic N) is 1. The summed E-state index contributed by atoms with van der Waals surface area (Å²) in [7, 11) is 0. The molecule has 3 nitrogen and oxygen atoms in total. The second kappa shape index (κ2) is 8.91. The minimum absolute atomic E-state index is 0.0476. The molecule has 0 spiro atoms. The molecule has 1 heterocycles. The van der Waals surface area contributed by atoms with E-state index in [0.717, 1.165) is 32.4 Å². The van der Waals surface area contributed by atoms with E-state index in [2.05, 4.69) is 56.3 Å². The Morgan fingerprint density at radius 2 is 1.68 bits per heavy atom. The maximum absolute atomic E-state index is 12.7. The van der Waals surface area contributed by atoms with Gasteiger partial charge in [-0.2, -0.15) is 0 Å². The molecule has 150 valence electrons. The fourth-order valence-corrected chi connectivity index (χ4v) is 4.54. The van der Waals surface area contributed by atoms with Gasteiger partial charge in [-0.3, -0.25) is 4.79 Å². The molecule has 0 bridgehead atoms. The largest absolute Gasteiger partial charge is 0.376 e. The van der Waals surface area contributed by atoms with Crippen molar-refractivity contribution in [3.8, 4) is 0 Å². The Kier molecular flexibility index (Phi) is 6.56. The summed E-state index contributed by atoms with van der Waals surface area (Å²) in [4.78, 5) is 14.7. The first kappa shape index (κ1) is 20.6. The van der Waals surface area contributed by atoms with Crippen LogP contribution in [0.1, 0.15) is 57.6 Å². The van der Waals surface area contributed by atoms with E-state index in [-0.39, 0.29) is 16.9 Å². The topological polar surface area (TPSA) is 29.5 Å². The highest BCUT2D eigenvalue weighted by atomic mass is 16.5. The second-order valence-corrected chi connectivity index (χ2v) is 8.59. The molecular formula is C25H33NO2. The molecular weight excluding hydrogens is 346 g/mol. The van der Waals surface area contributed by atoms with Crippen molar-refractivity contribution in [2.45, 2.75) is 64.0 Å². The van der Waals surface area contributed by atoms with Crippen LogP contribution in [0.5, 0.6) is 0 Å². The average molecular weight is 380 g/mol. The van der Waals surface area contributed by atoms with Gasteiger partial charge in [0.05, 0.1) is 5.60 Å². The number of rotatable bonds is 7. The van der Waals surface area contributed by atoms with Gasteiger partial charge >= 0.3 is 0 Å². The van der Waals surface area contributed by atoms with E-state index in [0.29, 0.717) is 13.0 Å². The third kappa shape index (κ3) is 5.02. The van der Waals surface area contributed by atoms with Crippen LogP contribution >= 0.6 is 0 Å². The summed E-state index contributed by atoms with van der Waals surface area (Å²) in [5, 5.41) is 0. The number of benzene rings is 2. The standard InChI is InChI=1S/C25H33NO2/c1-4-23(27)26(19-21-11-7-5-8-12-21)17-15-25(22-13-9-6-10-14-22)16-18-28-24(2,3)20-25/h5-14H,4,15-20H2,1-3H3/t25-/m1/s1. The Bertz CT molecular complexity index is 757. The highest BCUT2D eigenvalue weighted by Crippen LogP contribution is 2.44. The first-order valence-corrected chi connectivity index (χ1v) is 10.5. The quantitative estimate of drug-likeness (QED) is 0.650. The molecule has 0 aromatic heterocycles. The predicted molar refractivity (Wildman–Crippen MR) is 114 cm³/mol. The molecule has 28 heavy (non-hydrogen) atoms. The molecule has 0 saturated carbocycles. The summed E-state index contributed by atoms with van der Waals surface area (Å²) in [6, 6.07) is 21.1. The monoisotopic (exact) mass is 379 g/mol. The lowest BCUT2D eigenvalue weighted by molar-refractivity contribution is -0.132. The van der Waals surface area contributed by atoms with E-state index in [1.165, 1.54) is 11.1 Å². The molecule has 0 N–H and O–H groups in total. The van der Waals surface area contributed by atoms with Gasteiger partial charge in [0, 0.05) is 31.5 Å². The SMILES string of the molecule is CCC(=O)N(CC[C@@]1(c2ccccc2)CCOC(C)(C)C1)Cc1ccccc1. The second-order valence-electron chi connectivity index (χ2n) is 8.59. The molecule has 1 aliphatic rings. The summed E-state index contributed by atoms with van der Waals surface area (Å²) in [5.74, 6) is 0.221.